The van der Waals surface area contributed by atoms with E-state index in [1.807, 2.05) is 65.8 Å². The zero-order valence-corrected chi connectivity index (χ0v) is 26.0. The number of aryl methyl sites for hydroxylation is 3. The molecule has 1 aromatic heterocycles. The molecule has 0 aliphatic carbocycles. The monoisotopic (exact) mass is 575 g/mol. The average Bonchev–Trinajstić information content (AvgIpc) is 2.99. The fourth-order valence-corrected chi connectivity index (χ4v) is 4.02. The van der Waals surface area contributed by atoms with Crippen molar-refractivity contribution in [1.29, 1.82) is 0 Å². The molecule has 0 saturated heterocycles. The van der Waals surface area contributed by atoms with Gasteiger partial charge in [-0.1, -0.05) is 63.6 Å². The van der Waals surface area contributed by atoms with E-state index in [1.165, 1.54) is 23.7 Å². The van der Waals surface area contributed by atoms with Crippen molar-refractivity contribution in [3.63, 3.8) is 0 Å². The van der Waals surface area contributed by atoms with Gasteiger partial charge in [-0.3, -0.25) is 14.2 Å². The molecular formula is C34H42FN3O4. The van der Waals surface area contributed by atoms with Gasteiger partial charge >= 0.3 is 0 Å². The molecule has 0 aliphatic heterocycles. The number of benzene rings is 3. The molecule has 0 spiro atoms. The molecule has 224 valence electrons. The number of hydrogen-bond acceptors (Lipinski definition) is 5. The zero-order valence-electron chi connectivity index (χ0n) is 26.0. The van der Waals surface area contributed by atoms with E-state index in [-0.39, 0.29) is 29.4 Å². The number of hydrogen-bond donors (Lipinski definition) is 2. The number of rotatable bonds is 8. The van der Waals surface area contributed by atoms with Crippen LogP contribution in [0.1, 0.15) is 60.3 Å². The van der Waals surface area contributed by atoms with Gasteiger partial charge in [0.2, 0.25) is 0 Å². The van der Waals surface area contributed by atoms with Crippen molar-refractivity contribution in [1.82, 2.24) is 9.88 Å². The topological polar surface area (TPSA) is 81.6 Å². The largest absolute Gasteiger partial charge is 0.497 e. The van der Waals surface area contributed by atoms with E-state index < -0.39 is 17.3 Å². The SMILES string of the molecule is CC.CC.COc1ccc(CNC(=O)c2c(Oc3ccc(C)cc3C)cc(=O)n(C)c2Nc2ccc(C)cc2F)cc1. The van der Waals surface area contributed by atoms with Crippen LogP contribution in [0.4, 0.5) is 15.9 Å². The molecule has 0 aliphatic rings. The zero-order chi connectivity index (χ0) is 31.4. The lowest BCUT2D eigenvalue weighted by Crippen LogP contribution is -2.29. The number of amides is 1. The Morgan fingerprint density at radius 3 is 2.07 bits per heavy atom. The highest BCUT2D eigenvalue weighted by atomic mass is 19.1. The third-order valence-electron chi connectivity index (χ3n) is 6.17. The first kappa shape index (κ1) is 33.6. The minimum absolute atomic E-state index is 0.0577. The van der Waals surface area contributed by atoms with E-state index in [1.54, 1.807) is 44.4 Å². The molecule has 0 atom stereocenters. The maximum absolute atomic E-state index is 14.8. The summed E-state index contributed by atoms with van der Waals surface area (Å²) in [6.45, 7) is 13.8. The normalized spacial score (nSPS) is 9.95. The molecule has 4 aromatic rings. The standard InChI is InChI=1S/C30H30FN3O4.2C2H6/c1-18-7-13-25(20(3)14-18)38-26-16-27(35)34(4)29(33-24-12-6-19(2)15-23(24)31)28(26)30(36)32-17-21-8-10-22(37-5)11-9-21;2*1-2/h6-16,33H,17H2,1-5H3,(H,32,36);2*1-2H3. The second-order valence-corrected chi connectivity index (χ2v) is 9.14. The van der Waals surface area contributed by atoms with Gasteiger partial charge in [0.15, 0.2) is 0 Å². The van der Waals surface area contributed by atoms with Crippen LogP contribution < -0.4 is 25.7 Å². The maximum atomic E-state index is 14.8. The van der Waals surface area contributed by atoms with Gasteiger partial charge in [-0.25, -0.2) is 4.39 Å². The molecule has 0 fully saturated rings. The van der Waals surface area contributed by atoms with Gasteiger partial charge in [-0.2, -0.15) is 0 Å². The molecule has 8 heteroatoms. The minimum atomic E-state index is -0.511. The van der Waals surface area contributed by atoms with Crippen molar-refractivity contribution in [3.05, 3.63) is 111 Å². The van der Waals surface area contributed by atoms with Gasteiger partial charge in [-0.05, 0) is 67.8 Å². The molecule has 4 rings (SSSR count). The summed E-state index contributed by atoms with van der Waals surface area (Å²) in [5.41, 5.74) is 3.25. The van der Waals surface area contributed by atoms with Crippen LogP contribution in [0.2, 0.25) is 0 Å². The highest BCUT2D eigenvalue weighted by molar-refractivity contribution is 6.02. The first-order valence-corrected chi connectivity index (χ1v) is 14.1. The molecule has 1 heterocycles. The highest BCUT2D eigenvalue weighted by Gasteiger charge is 2.24. The number of carbonyl (C=O) groups excluding carboxylic acids is 1. The lowest BCUT2D eigenvalue weighted by molar-refractivity contribution is 0.0948. The number of ether oxygens (including phenoxy) is 2. The lowest BCUT2D eigenvalue weighted by atomic mass is 10.1. The van der Waals surface area contributed by atoms with E-state index in [4.69, 9.17) is 9.47 Å². The van der Waals surface area contributed by atoms with Crippen LogP contribution in [0.15, 0.2) is 71.5 Å². The van der Waals surface area contributed by atoms with Gasteiger partial charge in [-0.15, -0.1) is 0 Å². The summed E-state index contributed by atoms with van der Waals surface area (Å²) in [4.78, 5) is 26.6. The van der Waals surface area contributed by atoms with Crippen molar-refractivity contribution < 1.29 is 18.7 Å². The predicted octanol–water partition coefficient (Wildman–Crippen LogP) is 7.98. The summed E-state index contributed by atoms with van der Waals surface area (Å²) in [5, 5.41) is 5.84. The van der Waals surface area contributed by atoms with Crippen LogP contribution in [0.25, 0.3) is 0 Å². The van der Waals surface area contributed by atoms with Crippen molar-refractivity contribution in [3.8, 4) is 17.2 Å². The summed E-state index contributed by atoms with van der Waals surface area (Å²) in [5.74, 6) is 0.359. The number of halogens is 1. The van der Waals surface area contributed by atoms with Crippen LogP contribution in [0, 0.1) is 26.6 Å². The Morgan fingerprint density at radius 1 is 0.857 bits per heavy atom. The van der Waals surface area contributed by atoms with Crippen LogP contribution >= 0.6 is 0 Å². The molecule has 7 nitrogen and oxygen atoms in total. The van der Waals surface area contributed by atoms with Crippen LogP contribution in [0.3, 0.4) is 0 Å². The van der Waals surface area contributed by atoms with Gasteiger partial charge < -0.3 is 20.1 Å². The minimum Gasteiger partial charge on any atom is -0.497 e. The predicted molar refractivity (Wildman–Crippen MR) is 169 cm³/mol. The van der Waals surface area contributed by atoms with Gasteiger partial charge in [0.05, 0.1) is 12.8 Å². The average molecular weight is 576 g/mol. The molecule has 0 radical (unpaired) electrons. The molecule has 0 bridgehead atoms. The Labute approximate surface area is 248 Å². The first-order valence-electron chi connectivity index (χ1n) is 14.1. The Bertz CT molecular complexity index is 1550. The summed E-state index contributed by atoms with van der Waals surface area (Å²) in [7, 11) is 3.09. The van der Waals surface area contributed by atoms with Crippen molar-refractivity contribution in [2.45, 2.75) is 55.0 Å². The maximum Gasteiger partial charge on any atom is 0.259 e. The Kier molecular flexibility index (Phi) is 12.8. The Hall–Kier alpha value is -4.59. The molecular weight excluding hydrogens is 533 g/mol. The Morgan fingerprint density at radius 2 is 1.48 bits per heavy atom. The lowest BCUT2D eigenvalue weighted by Gasteiger charge is -2.20. The fraction of sp³-hybridized carbons (Fsp3) is 0.294. The summed E-state index contributed by atoms with van der Waals surface area (Å²) in [6, 6.07) is 18.8. The van der Waals surface area contributed by atoms with Crippen LogP contribution in [-0.2, 0) is 13.6 Å². The molecule has 2 N–H and O–H groups in total. The molecule has 0 unspecified atom stereocenters. The molecule has 42 heavy (non-hydrogen) atoms. The molecule has 0 saturated carbocycles. The van der Waals surface area contributed by atoms with Crippen molar-refractivity contribution in [2.75, 3.05) is 12.4 Å². The summed E-state index contributed by atoms with van der Waals surface area (Å²) in [6.07, 6.45) is 0. The molecule has 3 aromatic carbocycles. The highest BCUT2D eigenvalue weighted by Crippen LogP contribution is 2.33. The van der Waals surface area contributed by atoms with Gasteiger partial charge in [0.25, 0.3) is 11.5 Å². The molecule has 1 amide bonds. The van der Waals surface area contributed by atoms with E-state index in [0.29, 0.717) is 11.5 Å². The third kappa shape index (κ3) is 8.46. The van der Waals surface area contributed by atoms with Crippen LogP contribution in [-0.4, -0.2) is 17.6 Å². The smallest absolute Gasteiger partial charge is 0.259 e. The number of anilines is 2. The third-order valence-corrected chi connectivity index (χ3v) is 6.17. The number of carbonyl (C=O) groups is 1. The van der Waals surface area contributed by atoms with E-state index in [0.717, 1.165) is 22.3 Å². The van der Waals surface area contributed by atoms with E-state index in [9.17, 15) is 14.0 Å². The fourth-order valence-electron chi connectivity index (χ4n) is 4.02. The van der Waals surface area contributed by atoms with E-state index >= 15 is 0 Å². The quantitative estimate of drug-likeness (QED) is 0.223. The van der Waals surface area contributed by atoms with Crippen molar-refractivity contribution >= 4 is 17.4 Å². The number of pyridine rings is 1. The van der Waals surface area contributed by atoms with Crippen molar-refractivity contribution in [2.24, 2.45) is 7.05 Å². The number of nitrogens with zero attached hydrogens (tertiary/aromatic N) is 1. The second-order valence-electron chi connectivity index (χ2n) is 9.14. The number of nitrogens with one attached hydrogen (secondary N) is 2. The second kappa shape index (κ2) is 16.0. The van der Waals surface area contributed by atoms with E-state index in [2.05, 4.69) is 10.6 Å². The van der Waals surface area contributed by atoms with Crippen LogP contribution in [0.5, 0.6) is 17.2 Å². The summed E-state index contributed by atoms with van der Waals surface area (Å²) >= 11 is 0. The number of aromatic nitrogens is 1. The number of methoxy groups -OCH3 is 1. The van der Waals surface area contributed by atoms with Gasteiger partial charge in [0, 0.05) is 19.7 Å². The van der Waals surface area contributed by atoms with Gasteiger partial charge in [0.1, 0.15) is 34.4 Å². The Balaban J connectivity index is 0.00000148. The summed E-state index contributed by atoms with van der Waals surface area (Å²) < 4.78 is 27.4. The first-order chi connectivity index (χ1) is 20.2.